The van der Waals surface area contributed by atoms with Crippen molar-refractivity contribution in [2.24, 2.45) is 0 Å². The van der Waals surface area contributed by atoms with Gasteiger partial charge in [-0.2, -0.15) is 0 Å². The molecule has 110 valence electrons. The van der Waals surface area contributed by atoms with E-state index in [2.05, 4.69) is 5.32 Å². The maximum Gasteiger partial charge on any atom is 0.288 e. The summed E-state index contributed by atoms with van der Waals surface area (Å²) in [5, 5.41) is 13.5. The van der Waals surface area contributed by atoms with E-state index in [0.29, 0.717) is 16.8 Å². The SMILES string of the molecule is O=C1Nc2cc(Cl)c([N+](=O)[O-])cc2C1=Cc1ccc(F)cc1. The molecular formula is C15H8ClFN2O3. The molecule has 1 N–H and O–H groups in total. The maximum absolute atomic E-state index is 12.9. The molecule has 2 aromatic rings. The van der Waals surface area contributed by atoms with Crippen molar-refractivity contribution in [2.45, 2.75) is 0 Å². The lowest BCUT2D eigenvalue weighted by Crippen LogP contribution is -2.03. The minimum absolute atomic E-state index is 0.0490. The highest BCUT2D eigenvalue weighted by atomic mass is 35.5. The summed E-state index contributed by atoms with van der Waals surface area (Å²) in [5.74, 6) is -0.781. The lowest BCUT2D eigenvalue weighted by atomic mass is 10.0. The van der Waals surface area contributed by atoms with Gasteiger partial charge in [-0.05, 0) is 29.8 Å². The third kappa shape index (κ3) is 2.44. The fraction of sp³-hybridized carbons (Fsp3) is 0. The van der Waals surface area contributed by atoms with Gasteiger partial charge in [0.15, 0.2) is 0 Å². The minimum Gasteiger partial charge on any atom is -0.321 e. The van der Waals surface area contributed by atoms with Gasteiger partial charge in [-0.15, -0.1) is 0 Å². The quantitative estimate of drug-likeness (QED) is 0.519. The first-order chi connectivity index (χ1) is 10.5. The number of nitrogens with zero attached hydrogens (tertiary/aromatic N) is 1. The number of carbonyl (C=O) groups is 1. The number of anilines is 1. The monoisotopic (exact) mass is 318 g/mol. The molecule has 1 aliphatic rings. The Labute approximate surface area is 129 Å². The van der Waals surface area contributed by atoms with Crippen LogP contribution in [-0.2, 0) is 4.79 Å². The van der Waals surface area contributed by atoms with Crippen LogP contribution in [0.25, 0.3) is 11.6 Å². The van der Waals surface area contributed by atoms with Gasteiger partial charge in [-0.3, -0.25) is 14.9 Å². The molecule has 2 aromatic carbocycles. The number of carbonyl (C=O) groups excluding carboxylic acids is 1. The van der Waals surface area contributed by atoms with E-state index in [1.54, 1.807) is 0 Å². The summed E-state index contributed by atoms with van der Waals surface area (Å²) in [6.45, 7) is 0. The number of amides is 1. The van der Waals surface area contributed by atoms with Crippen LogP contribution in [0.3, 0.4) is 0 Å². The maximum atomic E-state index is 12.9. The first-order valence-corrected chi connectivity index (χ1v) is 6.60. The van der Waals surface area contributed by atoms with E-state index >= 15 is 0 Å². The molecule has 1 aliphatic heterocycles. The van der Waals surface area contributed by atoms with E-state index in [1.807, 2.05) is 0 Å². The zero-order valence-corrected chi connectivity index (χ0v) is 11.7. The fourth-order valence-corrected chi connectivity index (χ4v) is 2.44. The average molecular weight is 319 g/mol. The Balaban J connectivity index is 2.12. The van der Waals surface area contributed by atoms with E-state index < -0.39 is 10.8 Å². The number of rotatable bonds is 2. The van der Waals surface area contributed by atoms with Crippen molar-refractivity contribution < 1.29 is 14.1 Å². The van der Waals surface area contributed by atoms with Crippen LogP contribution in [0.15, 0.2) is 36.4 Å². The van der Waals surface area contributed by atoms with Crippen molar-refractivity contribution in [3.8, 4) is 0 Å². The Morgan fingerprint density at radius 3 is 2.55 bits per heavy atom. The van der Waals surface area contributed by atoms with Crippen molar-refractivity contribution in [3.05, 3.63) is 68.5 Å². The highest BCUT2D eigenvalue weighted by molar-refractivity contribution is 6.37. The topological polar surface area (TPSA) is 72.2 Å². The van der Waals surface area contributed by atoms with Gasteiger partial charge in [0.2, 0.25) is 0 Å². The normalized spacial score (nSPS) is 14.8. The molecule has 0 saturated carbocycles. The van der Waals surface area contributed by atoms with E-state index in [4.69, 9.17) is 11.6 Å². The molecule has 7 heteroatoms. The fourth-order valence-electron chi connectivity index (χ4n) is 2.21. The van der Waals surface area contributed by atoms with E-state index in [1.165, 1.54) is 42.5 Å². The van der Waals surface area contributed by atoms with Crippen molar-refractivity contribution in [1.82, 2.24) is 0 Å². The Hall–Kier alpha value is -2.73. The van der Waals surface area contributed by atoms with Crippen LogP contribution in [0.5, 0.6) is 0 Å². The van der Waals surface area contributed by atoms with Crippen LogP contribution in [0, 0.1) is 15.9 Å². The van der Waals surface area contributed by atoms with E-state index in [-0.39, 0.29) is 22.1 Å². The van der Waals surface area contributed by atoms with Gasteiger partial charge in [0.05, 0.1) is 10.6 Å². The zero-order valence-electron chi connectivity index (χ0n) is 11.0. The van der Waals surface area contributed by atoms with Crippen LogP contribution in [0.2, 0.25) is 5.02 Å². The number of nitro groups is 1. The zero-order chi connectivity index (χ0) is 15.9. The molecule has 0 radical (unpaired) electrons. The summed E-state index contributed by atoms with van der Waals surface area (Å²) in [6.07, 6.45) is 1.54. The molecule has 0 aromatic heterocycles. The number of hydrogen-bond donors (Lipinski definition) is 1. The van der Waals surface area contributed by atoms with Crippen molar-refractivity contribution in [3.63, 3.8) is 0 Å². The molecule has 0 spiro atoms. The van der Waals surface area contributed by atoms with Gasteiger partial charge in [0.25, 0.3) is 11.6 Å². The van der Waals surface area contributed by atoms with Crippen molar-refractivity contribution in [1.29, 1.82) is 0 Å². The molecule has 0 saturated heterocycles. The van der Waals surface area contributed by atoms with Gasteiger partial charge < -0.3 is 5.32 Å². The molecule has 5 nitrogen and oxygen atoms in total. The van der Waals surface area contributed by atoms with Gasteiger partial charge >= 0.3 is 0 Å². The largest absolute Gasteiger partial charge is 0.321 e. The molecule has 0 fully saturated rings. The molecule has 1 heterocycles. The number of fused-ring (bicyclic) bond motifs is 1. The van der Waals surface area contributed by atoms with E-state index in [9.17, 15) is 19.3 Å². The molecule has 22 heavy (non-hydrogen) atoms. The molecular weight excluding hydrogens is 311 g/mol. The van der Waals surface area contributed by atoms with Crippen LogP contribution < -0.4 is 5.32 Å². The second-order valence-corrected chi connectivity index (χ2v) is 5.08. The second kappa shape index (κ2) is 5.23. The smallest absolute Gasteiger partial charge is 0.288 e. The Kier molecular flexibility index (Phi) is 3.38. The Morgan fingerprint density at radius 2 is 1.91 bits per heavy atom. The highest BCUT2D eigenvalue weighted by Crippen LogP contribution is 2.39. The minimum atomic E-state index is -0.610. The van der Waals surface area contributed by atoms with Crippen molar-refractivity contribution >= 4 is 40.5 Å². The molecule has 0 aliphatic carbocycles. The van der Waals surface area contributed by atoms with Gasteiger partial charge in [0.1, 0.15) is 10.8 Å². The summed E-state index contributed by atoms with van der Waals surface area (Å²) in [5.41, 5.74) is 1.40. The lowest BCUT2D eigenvalue weighted by molar-refractivity contribution is -0.384. The Morgan fingerprint density at radius 1 is 1.23 bits per heavy atom. The Bertz CT molecular complexity index is 831. The van der Waals surface area contributed by atoms with Crippen molar-refractivity contribution in [2.75, 3.05) is 5.32 Å². The number of halogens is 2. The lowest BCUT2D eigenvalue weighted by Gasteiger charge is -2.01. The number of nitrogens with one attached hydrogen (secondary N) is 1. The van der Waals surface area contributed by atoms with Crippen LogP contribution >= 0.6 is 11.6 Å². The molecule has 3 rings (SSSR count). The summed E-state index contributed by atoms with van der Waals surface area (Å²) in [7, 11) is 0. The van der Waals surface area contributed by atoms with Crippen LogP contribution in [-0.4, -0.2) is 10.8 Å². The number of benzene rings is 2. The van der Waals surface area contributed by atoms with Gasteiger partial charge in [-0.25, -0.2) is 4.39 Å². The molecule has 0 unspecified atom stereocenters. The van der Waals surface area contributed by atoms with Crippen LogP contribution in [0.4, 0.5) is 15.8 Å². The second-order valence-electron chi connectivity index (χ2n) is 4.67. The molecule has 1 amide bonds. The van der Waals surface area contributed by atoms with Gasteiger partial charge in [0, 0.05) is 17.2 Å². The molecule has 0 atom stereocenters. The van der Waals surface area contributed by atoms with Gasteiger partial charge in [-0.1, -0.05) is 23.7 Å². The van der Waals surface area contributed by atoms with E-state index in [0.717, 1.165) is 0 Å². The number of nitro benzene ring substituents is 1. The summed E-state index contributed by atoms with van der Waals surface area (Å²) in [4.78, 5) is 22.4. The summed E-state index contributed by atoms with van der Waals surface area (Å²) >= 11 is 5.82. The predicted molar refractivity (Wildman–Crippen MR) is 81.0 cm³/mol. The summed E-state index contributed by atoms with van der Waals surface area (Å²) < 4.78 is 12.9. The predicted octanol–water partition coefficient (Wildman–Crippen LogP) is 3.88. The summed E-state index contributed by atoms with van der Waals surface area (Å²) in [6, 6.07) is 8.16. The standard InChI is InChI=1S/C15H8ClFN2O3/c16-12-7-13-10(6-14(12)19(21)22)11(15(20)18-13)5-8-1-3-9(17)4-2-8/h1-7H,(H,18,20). The van der Waals surface area contributed by atoms with Crippen LogP contribution in [0.1, 0.15) is 11.1 Å². The third-order valence-corrected chi connectivity index (χ3v) is 3.55. The third-order valence-electron chi connectivity index (χ3n) is 3.25. The highest BCUT2D eigenvalue weighted by Gasteiger charge is 2.28. The number of hydrogen-bond acceptors (Lipinski definition) is 3. The first kappa shape index (κ1) is 14.2. The first-order valence-electron chi connectivity index (χ1n) is 6.22. The average Bonchev–Trinajstić information content (AvgIpc) is 2.75. The molecule has 0 bridgehead atoms.